The number of hydrogen-bond donors (Lipinski definition) is 2. The Bertz CT molecular complexity index is 430. The van der Waals surface area contributed by atoms with Crippen molar-refractivity contribution in [2.24, 2.45) is 0 Å². The van der Waals surface area contributed by atoms with Crippen LogP contribution in [0.2, 0.25) is 0 Å². The maximum atomic E-state index is 11.5. The summed E-state index contributed by atoms with van der Waals surface area (Å²) in [6, 6.07) is 7.36. The number of hydrogen-bond acceptors (Lipinski definition) is 3. The van der Waals surface area contributed by atoms with Gasteiger partial charge in [-0.15, -0.1) is 6.58 Å². The van der Waals surface area contributed by atoms with E-state index in [1.807, 2.05) is 0 Å². The molecule has 102 valence electrons. The van der Waals surface area contributed by atoms with Crippen molar-refractivity contribution < 1.29 is 19.4 Å². The molecular weight excluding hydrogens is 246 g/mol. The minimum absolute atomic E-state index is 0.235. The number of alkyl carbamates (subject to hydrolysis) is 1. The zero-order valence-electron chi connectivity index (χ0n) is 10.5. The van der Waals surface area contributed by atoms with Gasteiger partial charge in [0.05, 0.1) is 6.61 Å². The van der Waals surface area contributed by atoms with Gasteiger partial charge in [0.2, 0.25) is 0 Å². The summed E-state index contributed by atoms with van der Waals surface area (Å²) in [5, 5.41) is 11.4. The van der Waals surface area contributed by atoms with Crippen molar-refractivity contribution in [3.8, 4) is 0 Å². The van der Waals surface area contributed by atoms with E-state index in [1.54, 1.807) is 36.4 Å². The third-order valence-electron chi connectivity index (χ3n) is 2.43. The highest BCUT2D eigenvalue weighted by Crippen LogP contribution is 2.12. The van der Waals surface area contributed by atoms with Crippen LogP contribution in [0.1, 0.15) is 24.4 Å². The Morgan fingerprint density at radius 2 is 2.05 bits per heavy atom. The highest BCUT2D eigenvalue weighted by atomic mass is 16.5. The van der Waals surface area contributed by atoms with Crippen molar-refractivity contribution in [1.82, 2.24) is 5.32 Å². The van der Waals surface area contributed by atoms with Crippen molar-refractivity contribution in [3.63, 3.8) is 0 Å². The maximum Gasteiger partial charge on any atom is 0.408 e. The lowest BCUT2D eigenvalue weighted by molar-refractivity contribution is -0.139. The summed E-state index contributed by atoms with van der Waals surface area (Å²) < 4.78 is 4.89. The molecule has 1 rings (SSSR count). The maximum absolute atomic E-state index is 11.5. The molecule has 0 heterocycles. The van der Waals surface area contributed by atoms with E-state index >= 15 is 0 Å². The third-order valence-corrected chi connectivity index (χ3v) is 2.43. The molecular formula is C14H17NO4. The molecule has 0 aliphatic carbocycles. The van der Waals surface area contributed by atoms with Crippen LogP contribution in [0.25, 0.3) is 0 Å². The quantitative estimate of drug-likeness (QED) is 0.585. The zero-order valence-corrected chi connectivity index (χ0v) is 10.5. The van der Waals surface area contributed by atoms with Crippen molar-refractivity contribution in [3.05, 3.63) is 48.6 Å². The molecule has 1 amide bonds. The van der Waals surface area contributed by atoms with Gasteiger partial charge in [0.15, 0.2) is 6.04 Å². The predicted octanol–water partition coefficient (Wildman–Crippen LogP) is 2.50. The Balaban J connectivity index is 2.53. The standard InChI is InChI=1S/C14H17NO4/c1-2-3-7-10-19-14(18)15-12(13(16)17)11-8-5-4-6-9-11/h2,4-6,8-9,12H,1,3,7,10H2,(H,15,18)(H,16,17)/t12-/m0/s1. The number of ether oxygens (including phenoxy) is 1. The number of aliphatic carboxylic acids is 1. The molecule has 19 heavy (non-hydrogen) atoms. The van der Waals surface area contributed by atoms with Gasteiger partial charge in [-0.25, -0.2) is 9.59 Å². The number of unbranched alkanes of at least 4 members (excludes halogenated alkanes) is 1. The first-order chi connectivity index (χ1) is 9.15. The van der Waals surface area contributed by atoms with Crippen molar-refractivity contribution in [2.45, 2.75) is 18.9 Å². The van der Waals surface area contributed by atoms with Crippen LogP contribution in [0.3, 0.4) is 0 Å². The number of benzene rings is 1. The van der Waals surface area contributed by atoms with Crippen LogP contribution in [-0.4, -0.2) is 23.8 Å². The molecule has 0 aliphatic rings. The van der Waals surface area contributed by atoms with E-state index in [0.717, 1.165) is 6.42 Å². The van der Waals surface area contributed by atoms with Crippen molar-refractivity contribution in [1.29, 1.82) is 0 Å². The average Bonchev–Trinajstić information content (AvgIpc) is 2.41. The Labute approximate surface area is 111 Å². The van der Waals surface area contributed by atoms with Gasteiger partial charge in [-0.3, -0.25) is 0 Å². The van der Waals surface area contributed by atoms with E-state index in [0.29, 0.717) is 12.0 Å². The number of carboxylic acid groups (broad SMARTS) is 1. The van der Waals surface area contributed by atoms with E-state index in [9.17, 15) is 9.59 Å². The summed E-state index contributed by atoms with van der Waals surface area (Å²) in [4.78, 5) is 22.6. The molecule has 1 aromatic rings. The molecule has 0 aromatic heterocycles. The van der Waals surface area contributed by atoms with Crippen LogP contribution >= 0.6 is 0 Å². The summed E-state index contributed by atoms with van der Waals surface area (Å²) in [7, 11) is 0. The fourth-order valence-electron chi connectivity index (χ4n) is 1.49. The Morgan fingerprint density at radius 3 is 2.63 bits per heavy atom. The van der Waals surface area contributed by atoms with E-state index in [2.05, 4.69) is 11.9 Å². The summed E-state index contributed by atoms with van der Waals surface area (Å²) in [6.07, 6.45) is 2.40. The van der Waals surface area contributed by atoms with Crippen LogP contribution in [0, 0.1) is 0 Å². The van der Waals surface area contributed by atoms with E-state index in [4.69, 9.17) is 9.84 Å². The SMILES string of the molecule is C=CCCCOC(=O)N[C@H](C(=O)O)c1ccccc1. The number of rotatable bonds is 7. The number of carboxylic acids is 1. The molecule has 0 saturated heterocycles. The normalized spacial score (nSPS) is 11.4. The molecule has 1 aromatic carbocycles. The minimum atomic E-state index is -1.13. The fourth-order valence-corrected chi connectivity index (χ4v) is 1.49. The number of carbonyl (C=O) groups is 2. The third kappa shape index (κ3) is 5.25. The molecule has 0 spiro atoms. The lowest BCUT2D eigenvalue weighted by atomic mass is 10.1. The second kappa shape index (κ2) is 7.92. The summed E-state index contributed by atoms with van der Waals surface area (Å²) >= 11 is 0. The first-order valence-corrected chi connectivity index (χ1v) is 5.97. The number of nitrogens with one attached hydrogen (secondary N) is 1. The fraction of sp³-hybridized carbons (Fsp3) is 0.286. The molecule has 0 bridgehead atoms. The first-order valence-electron chi connectivity index (χ1n) is 5.97. The van der Waals surface area contributed by atoms with E-state index in [-0.39, 0.29) is 6.61 Å². The Hall–Kier alpha value is -2.30. The lowest BCUT2D eigenvalue weighted by Crippen LogP contribution is -2.34. The van der Waals surface area contributed by atoms with Gasteiger partial charge in [-0.05, 0) is 18.4 Å². The number of amides is 1. The van der Waals surface area contributed by atoms with Gasteiger partial charge in [0, 0.05) is 0 Å². The summed E-state index contributed by atoms with van der Waals surface area (Å²) in [5.41, 5.74) is 0.498. The van der Waals surface area contributed by atoms with Gasteiger partial charge < -0.3 is 15.2 Å². The summed E-state index contributed by atoms with van der Waals surface area (Å²) in [6.45, 7) is 3.79. The molecule has 0 fully saturated rings. The van der Waals surface area contributed by atoms with Crippen LogP contribution < -0.4 is 5.32 Å². The number of carbonyl (C=O) groups excluding carboxylic acids is 1. The van der Waals surface area contributed by atoms with Gasteiger partial charge in [-0.1, -0.05) is 36.4 Å². The van der Waals surface area contributed by atoms with Gasteiger partial charge in [0.25, 0.3) is 0 Å². The first kappa shape index (κ1) is 14.8. The molecule has 5 nitrogen and oxygen atoms in total. The van der Waals surface area contributed by atoms with Crippen molar-refractivity contribution >= 4 is 12.1 Å². The van der Waals surface area contributed by atoms with E-state index < -0.39 is 18.1 Å². The van der Waals surface area contributed by atoms with Crippen LogP contribution in [0.5, 0.6) is 0 Å². The highest BCUT2D eigenvalue weighted by molar-refractivity contribution is 5.81. The Morgan fingerprint density at radius 1 is 1.37 bits per heavy atom. The molecule has 5 heteroatoms. The van der Waals surface area contributed by atoms with E-state index in [1.165, 1.54) is 0 Å². The van der Waals surface area contributed by atoms with Crippen LogP contribution in [-0.2, 0) is 9.53 Å². The molecule has 0 saturated carbocycles. The van der Waals surface area contributed by atoms with Crippen LogP contribution in [0.4, 0.5) is 4.79 Å². The second-order valence-corrected chi connectivity index (χ2v) is 3.89. The smallest absolute Gasteiger partial charge is 0.408 e. The van der Waals surface area contributed by atoms with Gasteiger partial charge in [0.1, 0.15) is 0 Å². The minimum Gasteiger partial charge on any atom is -0.479 e. The molecule has 1 atom stereocenters. The Kier molecular flexibility index (Phi) is 6.15. The molecule has 0 unspecified atom stereocenters. The molecule has 2 N–H and O–H groups in total. The topological polar surface area (TPSA) is 75.6 Å². The zero-order chi connectivity index (χ0) is 14.1. The molecule has 0 aliphatic heterocycles. The van der Waals surface area contributed by atoms with Crippen molar-refractivity contribution in [2.75, 3.05) is 6.61 Å². The highest BCUT2D eigenvalue weighted by Gasteiger charge is 2.22. The average molecular weight is 263 g/mol. The van der Waals surface area contributed by atoms with Gasteiger partial charge >= 0.3 is 12.1 Å². The number of allylic oxidation sites excluding steroid dienone is 1. The molecule has 0 radical (unpaired) electrons. The monoisotopic (exact) mass is 263 g/mol. The van der Waals surface area contributed by atoms with Gasteiger partial charge in [-0.2, -0.15) is 0 Å². The lowest BCUT2D eigenvalue weighted by Gasteiger charge is -2.14. The summed E-state index contributed by atoms with van der Waals surface area (Å²) in [5.74, 6) is -1.13. The largest absolute Gasteiger partial charge is 0.479 e. The second-order valence-electron chi connectivity index (χ2n) is 3.89. The van der Waals surface area contributed by atoms with Crippen LogP contribution in [0.15, 0.2) is 43.0 Å². The predicted molar refractivity (Wildman–Crippen MR) is 70.7 cm³/mol.